The van der Waals surface area contributed by atoms with Crippen LogP contribution in [-0.4, -0.2) is 46.5 Å². The van der Waals surface area contributed by atoms with Gasteiger partial charge in [-0.05, 0) is 57.7 Å². The van der Waals surface area contributed by atoms with Gasteiger partial charge in [0.15, 0.2) is 5.69 Å². The second-order valence-corrected chi connectivity index (χ2v) is 9.39. The Morgan fingerprint density at radius 1 is 1.26 bits per heavy atom. The Morgan fingerprint density at radius 2 is 1.94 bits per heavy atom. The number of hydrogen-bond acceptors (Lipinski definition) is 5. The zero-order chi connectivity index (χ0) is 25.0. The summed E-state index contributed by atoms with van der Waals surface area (Å²) in [5.41, 5.74) is 5.37. The molecule has 2 aromatic rings. The van der Waals surface area contributed by atoms with Gasteiger partial charge in [0.2, 0.25) is 5.91 Å². The smallest absolute Gasteiger partial charge is 0.272 e. The fourth-order valence-electron chi connectivity index (χ4n) is 3.94. The van der Waals surface area contributed by atoms with Crippen molar-refractivity contribution < 1.29 is 23.5 Å². The van der Waals surface area contributed by atoms with Gasteiger partial charge < -0.3 is 25.7 Å². The molecular formula is C23H29ClFN5O4. The fourth-order valence-corrected chi connectivity index (χ4v) is 4.15. The van der Waals surface area contributed by atoms with Crippen LogP contribution in [0.15, 0.2) is 24.5 Å². The van der Waals surface area contributed by atoms with Crippen LogP contribution >= 0.6 is 11.6 Å². The van der Waals surface area contributed by atoms with E-state index in [0.717, 1.165) is 6.07 Å². The Labute approximate surface area is 202 Å². The second kappa shape index (κ2) is 10.5. The summed E-state index contributed by atoms with van der Waals surface area (Å²) < 4.78 is 20.1. The number of imidazole rings is 1. The third-order valence-electron chi connectivity index (χ3n) is 6.12. The van der Waals surface area contributed by atoms with E-state index in [0.29, 0.717) is 31.4 Å². The molecule has 0 spiro atoms. The van der Waals surface area contributed by atoms with Gasteiger partial charge in [0.25, 0.3) is 11.8 Å². The number of nitrogens with two attached hydrogens (primary N) is 1. The Hall–Kier alpha value is -2.98. The monoisotopic (exact) mass is 493 g/mol. The highest BCUT2D eigenvalue weighted by atomic mass is 35.5. The first-order valence-corrected chi connectivity index (χ1v) is 11.4. The molecule has 1 aromatic heterocycles. The van der Waals surface area contributed by atoms with Crippen LogP contribution in [0.1, 0.15) is 66.5 Å². The van der Waals surface area contributed by atoms with Crippen LogP contribution in [-0.2, 0) is 9.53 Å². The van der Waals surface area contributed by atoms with E-state index in [4.69, 9.17) is 22.1 Å². The summed E-state index contributed by atoms with van der Waals surface area (Å²) in [5.74, 6) is -2.21. The van der Waals surface area contributed by atoms with Crippen LogP contribution < -0.4 is 16.4 Å². The number of rotatable bonds is 8. The zero-order valence-corrected chi connectivity index (χ0v) is 20.1. The van der Waals surface area contributed by atoms with Crippen molar-refractivity contribution in [2.75, 3.05) is 19.0 Å². The summed E-state index contributed by atoms with van der Waals surface area (Å²) in [6, 6.07) is 3.66. The van der Waals surface area contributed by atoms with Gasteiger partial charge in [-0.15, -0.1) is 0 Å². The van der Waals surface area contributed by atoms with Crippen molar-refractivity contribution in [3.05, 3.63) is 46.8 Å². The van der Waals surface area contributed by atoms with Crippen molar-refractivity contribution in [3.63, 3.8) is 0 Å². The van der Waals surface area contributed by atoms with Gasteiger partial charge in [-0.2, -0.15) is 0 Å². The number of benzene rings is 1. The minimum Gasteiger partial charge on any atom is -0.377 e. The highest BCUT2D eigenvalue weighted by molar-refractivity contribution is 6.33. The highest BCUT2D eigenvalue weighted by Crippen LogP contribution is 2.34. The predicted molar refractivity (Wildman–Crippen MR) is 125 cm³/mol. The number of aromatic nitrogens is 2. The van der Waals surface area contributed by atoms with Crippen molar-refractivity contribution in [2.45, 2.75) is 51.2 Å². The molecule has 4 N–H and O–H groups in total. The molecule has 1 aromatic carbocycles. The minimum atomic E-state index is -0.750. The third-order valence-corrected chi connectivity index (χ3v) is 6.43. The zero-order valence-electron chi connectivity index (χ0n) is 19.4. The van der Waals surface area contributed by atoms with Crippen LogP contribution in [0.4, 0.5) is 10.1 Å². The van der Waals surface area contributed by atoms with E-state index in [1.807, 2.05) is 13.8 Å². The number of hydrogen-bond donors (Lipinski definition) is 3. The summed E-state index contributed by atoms with van der Waals surface area (Å²) >= 11 is 6.00. The molecule has 9 nitrogen and oxygen atoms in total. The molecule has 0 unspecified atom stereocenters. The van der Waals surface area contributed by atoms with E-state index in [-0.39, 0.29) is 40.8 Å². The largest absolute Gasteiger partial charge is 0.377 e. The normalized spacial score (nSPS) is 18.4. The lowest BCUT2D eigenvalue weighted by atomic mass is 9.85. The van der Waals surface area contributed by atoms with Gasteiger partial charge in [-0.25, -0.2) is 9.37 Å². The molecule has 34 heavy (non-hydrogen) atoms. The molecule has 0 bridgehead atoms. The maximum atomic E-state index is 13.2. The molecule has 1 aliphatic rings. The summed E-state index contributed by atoms with van der Waals surface area (Å²) in [4.78, 5) is 41.7. The van der Waals surface area contributed by atoms with Crippen LogP contribution in [0.3, 0.4) is 0 Å². The van der Waals surface area contributed by atoms with E-state index >= 15 is 0 Å². The summed E-state index contributed by atoms with van der Waals surface area (Å²) in [6.45, 7) is 3.87. The Morgan fingerprint density at radius 3 is 2.53 bits per heavy atom. The standard InChI is InChI=1S/C23H29ClFN5O4/c1-23(2,34-3)11-27-22(33)18-19(20(26)31)30(12-28-18)15-7-4-13(5-8-15)21(32)29-17-9-6-14(25)10-16(17)24/h6,9-10,12-13,15H,4-5,7-8,11H2,1-3H3,(H2,26,31)(H,27,33)(H,29,32)/t13-,15-. The molecule has 184 valence electrons. The summed E-state index contributed by atoms with van der Waals surface area (Å²) in [6.07, 6.45) is 3.72. The molecule has 1 fully saturated rings. The van der Waals surface area contributed by atoms with Gasteiger partial charge in [0.05, 0.1) is 22.6 Å². The molecule has 0 saturated heterocycles. The molecule has 3 rings (SSSR count). The number of nitrogens with one attached hydrogen (secondary N) is 2. The number of carbonyl (C=O) groups is 3. The SMILES string of the molecule is COC(C)(C)CNC(=O)c1ncn([C@H]2CC[C@H](C(=O)Nc3ccc(F)cc3Cl)CC2)c1C(N)=O. The van der Waals surface area contributed by atoms with Gasteiger partial charge in [0, 0.05) is 25.6 Å². The molecule has 3 amide bonds. The number of methoxy groups -OCH3 is 1. The van der Waals surface area contributed by atoms with Crippen molar-refractivity contribution in [3.8, 4) is 0 Å². The number of anilines is 1. The maximum Gasteiger partial charge on any atom is 0.272 e. The molecule has 0 aliphatic heterocycles. The lowest BCUT2D eigenvalue weighted by Crippen LogP contribution is -2.40. The van der Waals surface area contributed by atoms with Crippen molar-refractivity contribution in [2.24, 2.45) is 11.7 Å². The predicted octanol–water partition coefficient (Wildman–Crippen LogP) is 3.30. The first kappa shape index (κ1) is 25.6. The number of ether oxygens (including phenoxy) is 1. The first-order valence-electron chi connectivity index (χ1n) is 11.0. The fraction of sp³-hybridized carbons (Fsp3) is 0.478. The van der Waals surface area contributed by atoms with Crippen LogP contribution in [0.5, 0.6) is 0 Å². The lowest BCUT2D eigenvalue weighted by molar-refractivity contribution is -0.121. The number of halogens is 2. The summed E-state index contributed by atoms with van der Waals surface area (Å²) in [7, 11) is 1.54. The minimum absolute atomic E-state index is 0.0368. The van der Waals surface area contributed by atoms with Crippen LogP contribution in [0.2, 0.25) is 5.02 Å². The molecule has 0 radical (unpaired) electrons. The van der Waals surface area contributed by atoms with Crippen molar-refractivity contribution in [1.82, 2.24) is 14.9 Å². The number of nitrogens with zero attached hydrogens (tertiary/aromatic N) is 2. The highest BCUT2D eigenvalue weighted by Gasteiger charge is 2.32. The maximum absolute atomic E-state index is 13.2. The molecule has 0 atom stereocenters. The van der Waals surface area contributed by atoms with E-state index in [2.05, 4.69) is 15.6 Å². The van der Waals surface area contributed by atoms with E-state index in [1.165, 1.54) is 18.5 Å². The van der Waals surface area contributed by atoms with E-state index < -0.39 is 23.2 Å². The number of carbonyl (C=O) groups excluding carboxylic acids is 3. The van der Waals surface area contributed by atoms with Crippen LogP contribution in [0, 0.1) is 11.7 Å². The Balaban J connectivity index is 1.66. The average Bonchev–Trinajstić information content (AvgIpc) is 3.25. The Bertz CT molecular complexity index is 1080. The van der Waals surface area contributed by atoms with Gasteiger partial charge >= 0.3 is 0 Å². The van der Waals surface area contributed by atoms with Crippen molar-refractivity contribution in [1.29, 1.82) is 0 Å². The number of primary amides is 1. The Kier molecular flexibility index (Phi) is 7.93. The van der Waals surface area contributed by atoms with E-state index in [9.17, 15) is 18.8 Å². The molecule has 1 saturated carbocycles. The van der Waals surface area contributed by atoms with E-state index in [1.54, 1.807) is 11.7 Å². The van der Waals surface area contributed by atoms with Gasteiger partial charge in [0.1, 0.15) is 11.5 Å². The molecule has 1 heterocycles. The first-order chi connectivity index (χ1) is 16.0. The molecule has 1 aliphatic carbocycles. The quantitative estimate of drug-likeness (QED) is 0.519. The molecule has 11 heteroatoms. The summed E-state index contributed by atoms with van der Waals surface area (Å²) in [5, 5.41) is 5.60. The molecular weight excluding hydrogens is 465 g/mol. The lowest BCUT2D eigenvalue weighted by Gasteiger charge is -2.29. The van der Waals surface area contributed by atoms with Crippen molar-refractivity contribution >= 4 is 35.0 Å². The van der Waals surface area contributed by atoms with Gasteiger partial charge in [-0.3, -0.25) is 14.4 Å². The second-order valence-electron chi connectivity index (χ2n) is 8.98. The topological polar surface area (TPSA) is 128 Å². The third kappa shape index (κ3) is 5.92. The van der Waals surface area contributed by atoms with Crippen LogP contribution in [0.25, 0.3) is 0 Å². The average molecular weight is 494 g/mol. The van der Waals surface area contributed by atoms with Gasteiger partial charge in [-0.1, -0.05) is 11.6 Å². The number of amides is 3.